The van der Waals surface area contributed by atoms with Crippen molar-refractivity contribution in [3.63, 3.8) is 0 Å². The summed E-state index contributed by atoms with van der Waals surface area (Å²) in [6.07, 6.45) is 0. The normalized spacial score (nSPS) is 11.8. The molecule has 110 valence electrons. The SMILES string of the molecule is CCSC(O)CN(C(=O)COC(C)=O)c1ccccc1. The molecule has 20 heavy (non-hydrogen) atoms. The predicted molar refractivity (Wildman–Crippen MR) is 79.6 cm³/mol. The summed E-state index contributed by atoms with van der Waals surface area (Å²) in [4.78, 5) is 24.3. The Morgan fingerprint density at radius 2 is 2.00 bits per heavy atom. The molecule has 0 aromatic heterocycles. The van der Waals surface area contributed by atoms with Crippen LogP contribution in [0.25, 0.3) is 0 Å². The van der Waals surface area contributed by atoms with Gasteiger partial charge >= 0.3 is 5.97 Å². The lowest BCUT2D eigenvalue weighted by Crippen LogP contribution is -2.39. The maximum absolute atomic E-state index is 12.1. The van der Waals surface area contributed by atoms with Crippen LogP contribution in [0.4, 0.5) is 5.69 Å². The zero-order chi connectivity index (χ0) is 15.0. The molecule has 6 heteroatoms. The van der Waals surface area contributed by atoms with E-state index in [4.69, 9.17) is 4.74 Å². The molecule has 0 aliphatic carbocycles. The third kappa shape index (κ3) is 5.63. The van der Waals surface area contributed by atoms with Gasteiger partial charge in [0.2, 0.25) is 0 Å². The third-order valence-corrected chi connectivity index (χ3v) is 3.33. The highest BCUT2D eigenvalue weighted by Gasteiger charge is 2.20. The van der Waals surface area contributed by atoms with E-state index in [9.17, 15) is 14.7 Å². The molecular formula is C14H19NO4S. The van der Waals surface area contributed by atoms with Crippen LogP contribution in [-0.4, -0.2) is 41.3 Å². The van der Waals surface area contributed by atoms with Gasteiger partial charge < -0.3 is 14.7 Å². The quantitative estimate of drug-likeness (QED) is 0.612. The highest BCUT2D eigenvalue weighted by Crippen LogP contribution is 2.17. The number of nitrogens with zero attached hydrogens (tertiary/aromatic N) is 1. The molecule has 0 saturated heterocycles. The zero-order valence-corrected chi connectivity index (χ0v) is 12.4. The first-order valence-electron chi connectivity index (χ1n) is 6.33. The number of para-hydroxylation sites is 1. The molecule has 1 aromatic carbocycles. The van der Waals surface area contributed by atoms with E-state index in [1.165, 1.54) is 23.6 Å². The van der Waals surface area contributed by atoms with Gasteiger partial charge in [0.05, 0.1) is 6.54 Å². The van der Waals surface area contributed by atoms with E-state index in [-0.39, 0.29) is 19.1 Å². The van der Waals surface area contributed by atoms with Crippen molar-refractivity contribution in [1.82, 2.24) is 0 Å². The number of benzene rings is 1. The zero-order valence-electron chi connectivity index (χ0n) is 11.6. The molecule has 5 nitrogen and oxygen atoms in total. The van der Waals surface area contributed by atoms with E-state index >= 15 is 0 Å². The van der Waals surface area contributed by atoms with Gasteiger partial charge in [-0.25, -0.2) is 0 Å². The fraction of sp³-hybridized carbons (Fsp3) is 0.429. The highest BCUT2D eigenvalue weighted by molar-refractivity contribution is 7.99. The van der Waals surface area contributed by atoms with E-state index in [2.05, 4.69) is 0 Å². The number of hydrogen-bond donors (Lipinski definition) is 1. The Balaban J connectivity index is 2.78. The van der Waals surface area contributed by atoms with E-state index in [1.54, 1.807) is 24.3 Å². The van der Waals surface area contributed by atoms with E-state index in [0.29, 0.717) is 5.69 Å². The van der Waals surface area contributed by atoms with Crippen molar-refractivity contribution in [3.8, 4) is 0 Å². The van der Waals surface area contributed by atoms with Gasteiger partial charge in [-0.2, -0.15) is 0 Å². The number of carbonyl (C=O) groups is 2. The molecule has 1 rings (SSSR count). The highest BCUT2D eigenvalue weighted by atomic mass is 32.2. The molecule has 0 spiro atoms. The minimum atomic E-state index is -0.679. The van der Waals surface area contributed by atoms with Gasteiger partial charge in [0, 0.05) is 12.6 Å². The molecular weight excluding hydrogens is 278 g/mol. The average molecular weight is 297 g/mol. The van der Waals surface area contributed by atoms with Gasteiger partial charge in [-0.1, -0.05) is 25.1 Å². The van der Waals surface area contributed by atoms with Crippen LogP contribution >= 0.6 is 11.8 Å². The summed E-state index contributed by atoms with van der Waals surface area (Å²) in [6.45, 7) is 3.01. The lowest BCUT2D eigenvalue weighted by Gasteiger charge is -2.25. The summed E-state index contributed by atoms with van der Waals surface area (Å²) in [7, 11) is 0. The molecule has 1 N–H and O–H groups in total. The van der Waals surface area contributed by atoms with Crippen molar-refractivity contribution in [1.29, 1.82) is 0 Å². The number of aliphatic hydroxyl groups excluding tert-OH is 1. The second kappa shape index (κ2) is 8.60. The molecule has 1 aromatic rings. The van der Waals surface area contributed by atoms with Crippen LogP contribution in [0, 0.1) is 0 Å². The van der Waals surface area contributed by atoms with E-state index in [0.717, 1.165) is 5.75 Å². The third-order valence-electron chi connectivity index (χ3n) is 2.47. The maximum Gasteiger partial charge on any atom is 0.303 e. The number of amides is 1. The maximum atomic E-state index is 12.1. The number of ether oxygens (including phenoxy) is 1. The van der Waals surface area contributed by atoms with Gasteiger partial charge in [0.15, 0.2) is 6.61 Å². The van der Waals surface area contributed by atoms with Crippen LogP contribution in [0.1, 0.15) is 13.8 Å². The Labute approximate surface area is 122 Å². The lowest BCUT2D eigenvalue weighted by molar-refractivity contribution is -0.145. The first-order valence-corrected chi connectivity index (χ1v) is 7.38. The fourth-order valence-electron chi connectivity index (χ4n) is 1.60. The van der Waals surface area contributed by atoms with Crippen molar-refractivity contribution in [2.24, 2.45) is 0 Å². The summed E-state index contributed by atoms with van der Waals surface area (Å²) in [5.41, 5.74) is -0.0121. The van der Waals surface area contributed by atoms with Crippen molar-refractivity contribution in [2.75, 3.05) is 23.8 Å². The molecule has 1 atom stereocenters. The minimum absolute atomic E-state index is 0.155. The molecule has 0 radical (unpaired) electrons. The van der Waals surface area contributed by atoms with Gasteiger partial charge in [-0.3, -0.25) is 9.59 Å². The summed E-state index contributed by atoms with van der Waals surface area (Å²) in [5, 5.41) is 9.87. The Hall–Kier alpha value is -1.53. The van der Waals surface area contributed by atoms with Crippen molar-refractivity contribution in [3.05, 3.63) is 30.3 Å². The Morgan fingerprint density at radius 3 is 2.55 bits per heavy atom. The van der Waals surface area contributed by atoms with E-state index in [1.807, 2.05) is 13.0 Å². The number of aliphatic hydroxyl groups is 1. The number of carbonyl (C=O) groups excluding carboxylic acids is 2. The van der Waals surface area contributed by atoms with E-state index < -0.39 is 11.4 Å². The number of hydrogen-bond acceptors (Lipinski definition) is 5. The summed E-state index contributed by atoms with van der Waals surface area (Å²) in [5.74, 6) is -0.112. The monoisotopic (exact) mass is 297 g/mol. The van der Waals surface area contributed by atoms with Crippen molar-refractivity contribution in [2.45, 2.75) is 19.3 Å². The Kier molecular flexibility index (Phi) is 7.11. The molecule has 0 fully saturated rings. The van der Waals surface area contributed by atoms with Crippen LogP contribution in [0.2, 0.25) is 0 Å². The Morgan fingerprint density at radius 1 is 1.35 bits per heavy atom. The second-order valence-corrected chi connectivity index (χ2v) is 5.48. The first kappa shape index (κ1) is 16.5. The molecule has 0 heterocycles. The van der Waals surface area contributed by atoms with Gasteiger partial charge in [0.1, 0.15) is 5.44 Å². The molecule has 1 unspecified atom stereocenters. The van der Waals surface area contributed by atoms with Crippen LogP contribution in [-0.2, 0) is 14.3 Å². The smallest absolute Gasteiger partial charge is 0.303 e. The largest absolute Gasteiger partial charge is 0.456 e. The molecule has 1 amide bonds. The number of esters is 1. The Bertz CT molecular complexity index is 438. The van der Waals surface area contributed by atoms with Crippen molar-refractivity contribution >= 4 is 29.3 Å². The van der Waals surface area contributed by atoms with Crippen LogP contribution in [0.3, 0.4) is 0 Å². The lowest BCUT2D eigenvalue weighted by atomic mass is 10.3. The minimum Gasteiger partial charge on any atom is -0.456 e. The van der Waals surface area contributed by atoms with Crippen LogP contribution in [0.5, 0.6) is 0 Å². The average Bonchev–Trinajstić information content (AvgIpc) is 2.43. The van der Waals surface area contributed by atoms with Gasteiger partial charge in [-0.15, -0.1) is 11.8 Å². The summed E-state index contributed by atoms with van der Waals surface area (Å²) < 4.78 is 4.73. The predicted octanol–water partition coefficient (Wildman–Crippen LogP) is 1.65. The number of anilines is 1. The first-order chi connectivity index (χ1) is 9.54. The fourth-order valence-corrected chi connectivity index (χ4v) is 2.24. The van der Waals surface area contributed by atoms with Crippen LogP contribution < -0.4 is 4.90 Å². The molecule has 0 saturated carbocycles. The molecule has 0 aliphatic heterocycles. The topological polar surface area (TPSA) is 66.8 Å². The number of rotatable bonds is 7. The van der Waals surface area contributed by atoms with Gasteiger partial charge in [0.25, 0.3) is 5.91 Å². The second-order valence-electron chi connectivity index (χ2n) is 4.03. The standard InChI is InChI=1S/C14H19NO4S/c1-3-20-14(18)9-15(12-7-5-4-6-8-12)13(17)10-19-11(2)16/h4-8,14,18H,3,9-10H2,1-2H3. The summed E-state index contributed by atoms with van der Waals surface area (Å²) >= 11 is 1.35. The van der Waals surface area contributed by atoms with Crippen LogP contribution in [0.15, 0.2) is 30.3 Å². The summed E-state index contributed by atoms with van der Waals surface area (Å²) in [6, 6.07) is 9.00. The molecule has 0 bridgehead atoms. The molecule has 0 aliphatic rings. The number of thioether (sulfide) groups is 1. The van der Waals surface area contributed by atoms with Gasteiger partial charge in [-0.05, 0) is 17.9 Å². The van der Waals surface area contributed by atoms with Crippen molar-refractivity contribution < 1.29 is 19.4 Å².